The van der Waals surface area contributed by atoms with E-state index in [0.717, 1.165) is 18.5 Å². The van der Waals surface area contributed by atoms with E-state index in [1.54, 1.807) is 6.07 Å². The quantitative estimate of drug-likeness (QED) is 0.880. The Balaban J connectivity index is 2.29. The minimum atomic E-state index is -0.427. The second kappa shape index (κ2) is 4.60. The van der Waals surface area contributed by atoms with Crippen molar-refractivity contribution in [1.29, 1.82) is 0 Å². The Morgan fingerprint density at radius 1 is 1.50 bits per heavy atom. The molecule has 1 aromatic carbocycles. The summed E-state index contributed by atoms with van der Waals surface area (Å²) in [6.45, 7) is 4.98. The summed E-state index contributed by atoms with van der Waals surface area (Å²) < 4.78 is 18.8. The largest absolute Gasteiger partial charge is 0.488 e. The van der Waals surface area contributed by atoms with Crippen LogP contribution >= 0.6 is 11.6 Å². The van der Waals surface area contributed by atoms with E-state index in [1.165, 1.54) is 6.07 Å². The molecule has 1 aliphatic rings. The van der Waals surface area contributed by atoms with Crippen LogP contribution < -0.4 is 10.1 Å². The molecule has 4 heteroatoms. The number of benzene rings is 1. The van der Waals surface area contributed by atoms with E-state index >= 15 is 0 Å². The van der Waals surface area contributed by atoms with Crippen molar-refractivity contribution in [2.24, 2.45) is 0 Å². The highest BCUT2D eigenvalue weighted by Gasteiger charge is 2.31. The second-order valence-electron chi connectivity index (χ2n) is 4.06. The van der Waals surface area contributed by atoms with E-state index in [9.17, 15) is 4.39 Å². The van der Waals surface area contributed by atoms with E-state index in [0.29, 0.717) is 5.75 Å². The molecule has 1 N–H and O–H groups in total. The third kappa shape index (κ3) is 2.02. The van der Waals surface area contributed by atoms with Crippen molar-refractivity contribution in [3.05, 3.63) is 28.5 Å². The van der Waals surface area contributed by atoms with Gasteiger partial charge >= 0.3 is 0 Å². The minimum Gasteiger partial charge on any atom is -0.488 e. The first kappa shape index (κ1) is 11.7. The SMILES string of the molecule is CCCNC1c2cc(Cl)c(F)cc2OC1C. The van der Waals surface area contributed by atoms with E-state index in [1.807, 2.05) is 6.92 Å². The standard InChI is InChI=1S/C12H15ClFNO/c1-3-4-15-12-7(2)16-11-6-10(14)9(13)5-8(11)12/h5-7,12,15H,3-4H2,1-2H3. The predicted molar refractivity (Wildman–Crippen MR) is 62.5 cm³/mol. The van der Waals surface area contributed by atoms with E-state index in [2.05, 4.69) is 12.2 Å². The van der Waals surface area contributed by atoms with E-state index < -0.39 is 5.82 Å². The molecule has 16 heavy (non-hydrogen) atoms. The molecule has 0 aliphatic carbocycles. The van der Waals surface area contributed by atoms with Crippen LogP contribution in [0.4, 0.5) is 4.39 Å². The lowest BCUT2D eigenvalue weighted by atomic mass is 10.0. The first-order valence-electron chi connectivity index (χ1n) is 5.52. The Morgan fingerprint density at radius 2 is 2.25 bits per heavy atom. The molecule has 0 spiro atoms. The number of ether oxygens (including phenoxy) is 1. The zero-order valence-electron chi connectivity index (χ0n) is 9.39. The summed E-state index contributed by atoms with van der Waals surface area (Å²) in [6.07, 6.45) is 1.06. The molecule has 1 heterocycles. The molecular formula is C12H15ClFNO. The van der Waals surface area contributed by atoms with Gasteiger partial charge in [0, 0.05) is 11.6 Å². The molecule has 0 fully saturated rings. The average Bonchev–Trinajstić information content (AvgIpc) is 2.52. The molecule has 1 aliphatic heterocycles. The molecule has 2 nitrogen and oxygen atoms in total. The lowest BCUT2D eigenvalue weighted by molar-refractivity contribution is 0.209. The molecule has 0 saturated heterocycles. The third-order valence-electron chi connectivity index (χ3n) is 2.78. The molecule has 2 atom stereocenters. The zero-order valence-corrected chi connectivity index (χ0v) is 10.1. The Hall–Kier alpha value is -0.800. The van der Waals surface area contributed by atoms with Crippen molar-refractivity contribution < 1.29 is 9.13 Å². The number of hydrogen-bond acceptors (Lipinski definition) is 2. The molecular weight excluding hydrogens is 229 g/mol. The molecule has 0 saturated carbocycles. The van der Waals surface area contributed by atoms with Crippen LogP contribution in [0.3, 0.4) is 0 Å². The van der Waals surface area contributed by atoms with Crippen LogP contribution in [0.25, 0.3) is 0 Å². The fourth-order valence-corrected chi connectivity index (χ4v) is 2.16. The summed E-state index contributed by atoms with van der Waals surface area (Å²) in [6, 6.07) is 3.12. The highest BCUT2D eigenvalue weighted by Crippen LogP contribution is 2.39. The Labute approximate surface area is 99.7 Å². The van der Waals surface area contributed by atoms with Crippen LogP contribution in [-0.2, 0) is 0 Å². The van der Waals surface area contributed by atoms with Crippen molar-refractivity contribution in [1.82, 2.24) is 5.32 Å². The van der Waals surface area contributed by atoms with Crippen LogP contribution in [0.2, 0.25) is 5.02 Å². The first-order chi connectivity index (χ1) is 7.63. The normalized spacial score (nSPS) is 23.0. The smallest absolute Gasteiger partial charge is 0.145 e. The van der Waals surface area contributed by atoms with Crippen LogP contribution in [0.15, 0.2) is 12.1 Å². The predicted octanol–water partition coefficient (Wildman–Crippen LogP) is 3.30. The summed E-state index contributed by atoms with van der Waals surface area (Å²) in [7, 11) is 0. The van der Waals surface area contributed by atoms with Gasteiger partial charge in [-0.25, -0.2) is 4.39 Å². The van der Waals surface area contributed by atoms with Crippen molar-refractivity contribution in [2.75, 3.05) is 6.54 Å². The van der Waals surface area contributed by atoms with Gasteiger partial charge in [-0.1, -0.05) is 18.5 Å². The van der Waals surface area contributed by atoms with Gasteiger partial charge in [0.2, 0.25) is 0 Å². The van der Waals surface area contributed by atoms with Crippen LogP contribution in [-0.4, -0.2) is 12.6 Å². The minimum absolute atomic E-state index is 0.0133. The topological polar surface area (TPSA) is 21.3 Å². The molecule has 0 bridgehead atoms. The zero-order chi connectivity index (χ0) is 11.7. The van der Waals surface area contributed by atoms with Crippen LogP contribution in [0.5, 0.6) is 5.75 Å². The van der Waals surface area contributed by atoms with Crippen molar-refractivity contribution in [3.8, 4) is 5.75 Å². The van der Waals surface area contributed by atoms with Crippen LogP contribution in [0.1, 0.15) is 31.9 Å². The highest BCUT2D eigenvalue weighted by atomic mass is 35.5. The van der Waals surface area contributed by atoms with Gasteiger partial charge in [-0.2, -0.15) is 0 Å². The Morgan fingerprint density at radius 3 is 2.94 bits per heavy atom. The number of halogens is 2. The van der Waals surface area contributed by atoms with Gasteiger partial charge in [-0.3, -0.25) is 0 Å². The van der Waals surface area contributed by atoms with Gasteiger partial charge in [-0.15, -0.1) is 0 Å². The maximum absolute atomic E-state index is 13.2. The molecule has 2 rings (SSSR count). The van der Waals surface area contributed by atoms with Gasteiger partial charge in [0.1, 0.15) is 17.7 Å². The summed E-state index contributed by atoms with van der Waals surface area (Å²) in [5.41, 5.74) is 0.951. The molecule has 2 unspecified atom stereocenters. The monoisotopic (exact) mass is 243 g/mol. The first-order valence-corrected chi connectivity index (χ1v) is 5.90. The van der Waals surface area contributed by atoms with Gasteiger partial charge in [0.25, 0.3) is 0 Å². The van der Waals surface area contributed by atoms with Gasteiger partial charge in [-0.05, 0) is 26.0 Å². The average molecular weight is 244 g/mol. The molecule has 0 amide bonds. The number of fused-ring (bicyclic) bond motifs is 1. The summed E-state index contributed by atoms with van der Waals surface area (Å²) in [5, 5.41) is 3.53. The van der Waals surface area contributed by atoms with Gasteiger partial charge in [0.05, 0.1) is 11.1 Å². The van der Waals surface area contributed by atoms with Crippen LogP contribution in [0, 0.1) is 5.82 Å². The molecule has 1 aromatic rings. The maximum Gasteiger partial charge on any atom is 0.145 e. The van der Waals surface area contributed by atoms with Crippen molar-refractivity contribution in [2.45, 2.75) is 32.4 Å². The highest BCUT2D eigenvalue weighted by molar-refractivity contribution is 6.30. The molecule has 88 valence electrons. The fourth-order valence-electron chi connectivity index (χ4n) is 1.99. The lowest BCUT2D eigenvalue weighted by Gasteiger charge is -2.16. The van der Waals surface area contributed by atoms with Gasteiger partial charge < -0.3 is 10.1 Å². The number of nitrogens with one attached hydrogen (secondary N) is 1. The summed E-state index contributed by atoms with van der Waals surface area (Å²) >= 11 is 5.78. The molecule has 0 radical (unpaired) electrons. The fraction of sp³-hybridized carbons (Fsp3) is 0.500. The maximum atomic E-state index is 13.2. The molecule has 0 aromatic heterocycles. The van der Waals surface area contributed by atoms with E-state index in [-0.39, 0.29) is 17.2 Å². The summed E-state index contributed by atoms with van der Waals surface area (Å²) in [5.74, 6) is 0.173. The second-order valence-corrected chi connectivity index (χ2v) is 4.47. The van der Waals surface area contributed by atoms with Gasteiger partial charge in [0.15, 0.2) is 0 Å². The third-order valence-corrected chi connectivity index (χ3v) is 3.07. The number of hydrogen-bond donors (Lipinski definition) is 1. The van der Waals surface area contributed by atoms with E-state index in [4.69, 9.17) is 16.3 Å². The summed E-state index contributed by atoms with van der Waals surface area (Å²) in [4.78, 5) is 0. The van der Waals surface area contributed by atoms with Crippen molar-refractivity contribution >= 4 is 11.6 Å². The Bertz CT molecular complexity index is 397. The van der Waals surface area contributed by atoms with Crippen molar-refractivity contribution in [3.63, 3.8) is 0 Å². The Kier molecular flexibility index (Phi) is 3.36. The number of rotatable bonds is 3. The lowest BCUT2D eigenvalue weighted by Crippen LogP contribution is -2.29.